The van der Waals surface area contributed by atoms with E-state index in [-0.39, 0.29) is 12.4 Å². The molecule has 2 N–H and O–H groups in total. The first-order chi connectivity index (χ1) is 7.27. The van der Waals surface area contributed by atoms with Gasteiger partial charge in [0.15, 0.2) is 0 Å². The zero-order chi connectivity index (χ0) is 10.8. The molecule has 0 spiro atoms. The molecular weight excluding hydrogens is 192 g/mol. The summed E-state index contributed by atoms with van der Waals surface area (Å²) in [6, 6.07) is 5.28. The van der Waals surface area contributed by atoms with Crippen LogP contribution in [-0.4, -0.2) is 26.6 Å². The molecule has 0 fully saturated rings. The van der Waals surface area contributed by atoms with E-state index >= 15 is 0 Å². The third-order valence-corrected chi connectivity index (χ3v) is 2.50. The Hall–Kier alpha value is -1.55. The predicted molar refractivity (Wildman–Crippen MR) is 57.9 cm³/mol. The van der Waals surface area contributed by atoms with E-state index in [1.54, 1.807) is 12.1 Å². The summed E-state index contributed by atoms with van der Waals surface area (Å²) in [6.45, 7) is 2.79. The van der Waals surface area contributed by atoms with Crippen LogP contribution in [0.25, 0.3) is 10.9 Å². The Morgan fingerprint density at radius 2 is 2.20 bits per heavy atom. The summed E-state index contributed by atoms with van der Waals surface area (Å²) in [5.41, 5.74) is 1.67. The molecule has 0 aliphatic heterocycles. The van der Waals surface area contributed by atoms with Crippen LogP contribution in [0.3, 0.4) is 0 Å². The van der Waals surface area contributed by atoms with Crippen LogP contribution >= 0.6 is 0 Å². The van der Waals surface area contributed by atoms with Crippen LogP contribution in [-0.2, 0) is 13.0 Å². The molecule has 0 saturated carbocycles. The van der Waals surface area contributed by atoms with Crippen LogP contribution in [0, 0.1) is 0 Å². The summed E-state index contributed by atoms with van der Waals surface area (Å²) in [6.07, 6.45) is 0.516. The summed E-state index contributed by atoms with van der Waals surface area (Å²) >= 11 is 0. The summed E-state index contributed by atoms with van der Waals surface area (Å²) in [4.78, 5) is 0. The van der Waals surface area contributed by atoms with Crippen molar-refractivity contribution >= 4 is 10.9 Å². The number of aromatic hydroxyl groups is 1. The molecule has 2 rings (SSSR count). The number of phenolic OH excluding ortho intramolecular Hbond substituents is 1. The summed E-state index contributed by atoms with van der Waals surface area (Å²) in [7, 11) is 0. The maximum Gasteiger partial charge on any atom is 0.126 e. The van der Waals surface area contributed by atoms with Crippen LogP contribution in [0.1, 0.15) is 12.6 Å². The van der Waals surface area contributed by atoms with Gasteiger partial charge in [-0.25, -0.2) is 0 Å². The van der Waals surface area contributed by atoms with Crippen LogP contribution in [0.15, 0.2) is 18.2 Å². The Morgan fingerprint density at radius 3 is 2.87 bits per heavy atom. The third kappa shape index (κ3) is 1.57. The largest absolute Gasteiger partial charge is 0.507 e. The Balaban J connectivity index is 2.70. The van der Waals surface area contributed by atoms with Crippen molar-refractivity contribution in [2.24, 2.45) is 0 Å². The molecule has 2 aromatic rings. The molecule has 1 aromatic carbocycles. The summed E-state index contributed by atoms with van der Waals surface area (Å²) in [5.74, 6) is 0.232. The van der Waals surface area contributed by atoms with E-state index in [1.807, 2.05) is 17.7 Å². The minimum absolute atomic E-state index is 0.0646. The molecule has 0 aliphatic carbocycles. The zero-order valence-electron chi connectivity index (χ0n) is 8.64. The Labute approximate surface area is 87.8 Å². The van der Waals surface area contributed by atoms with Gasteiger partial charge in [0.05, 0.1) is 16.6 Å². The number of benzene rings is 1. The highest BCUT2D eigenvalue weighted by atomic mass is 16.3. The van der Waals surface area contributed by atoms with E-state index in [1.165, 1.54) is 0 Å². The summed E-state index contributed by atoms with van der Waals surface area (Å²) < 4.78 is 1.82. The van der Waals surface area contributed by atoms with Gasteiger partial charge in [0.1, 0.15) is 5.75 Å². The van der Waals surface area contributed by atoms with Crippen LogP contribution in [0.5, 0.6) is 5.75 Å². The molecule has 0 aliphatic rings. The van der Waals surface area contributed by atoms with Crippen LogP contribution < -0.4 is 0 Å². The highest BCUT2D eigenvalue weighted by molar-refractivity contribution is 5.87. The van der Waals surface area contributed by atoms with E-state index in [0.717, 1.165) is 23.1 Å². The normalized spacial score (nSPS) is 11.1. The smallest absolute Gasteiger partial charge is 0.126 e. The SMILES string of the molecule is CCn1nc2cccc(O)c2c1CCO. The van der Waals surface area contributed by atoms with Gasteiger partial charge in [-0.15, -0.1) is 0 Å². The Bertz CT molecular complexity index is 477. The first-order valence-corrected chi connectivity index (χ1v) is 5.06. The highest BCUT2D eigenvalue weighted by Crippen LogP contribution is 2.27. The molecule has 0 saturated heterocycles. The van der Waals surface area contributed by atoms with Gasteiger partial charge in [-0.3, -0.25) is 4.68 Å². The first kappa shape index (κ1) is 9.98. The molecule has 4 heteroatoms. The van der Waals surface area contributed by atoms with Crippen molar-refractivity contribution < 1.29 is 10.2 Å². The van der Waals surface area contributed by atoms with Crippen LogP contribution in [0.2, 0.25) is 0 Å². The number of rotatable bonds is 3. The fourth-order valence-electron chi connectivity index (χ4n) is 1.85. The average molecular weight is 206 g/mol. The number of aryl methyl sites for hydroxylation is 1. The standard InChI is InChI=1S/C11H14N2O2/c1-2-13-9(6-7-14)11-8(12-13)4-3-5-10(11)15/h3-5,14-15H,2,6-7H2,1H3. The van der Waals surface area contributed by atoms with Crippen molar-refractivity contribution in [2.75, 3.05) is 6.61 Å². The number of aromatic nitrogens is 2. The van der Waals surface area contributed by atoms with Gasteiger partial charge >= 0.3 is 0 Å². The zero-order valence-corrected chi connectivity index (χ0v) is 8.64. The lowest BCUT2D eigenvalue weighted by atomic mass is 10.1. The molecule has 1 heterocycles. The number of aliphatic hydroxyl groups is 1. The van der Waals surface area contributed by atoms with Gasteiger partial charge in [0.25, 0.3) is 0 Å². The molecule has 0 amide bonds. The van der Waals surface area contributed by atoms with Crippen molar-refractivity contribution in [2.45, 2.75) is 19.9 Å². The van der Waals surface area contributed by atoms with Crippen molar-refractivity contribution in [3.8, 4) is 5.75 Å². The lowest BCUT2D eigenvalue weighted by Crippen LogP contribution is -2.04. The lowest BCUT2D eigenvalue weighted by Gasteiger charge is -2.03. The molecule has 0 radical (unpaired) electrons. The predicted octanol–water partition coefficient (Wildman–Crippen LogP) is 1.30. The second-order valence-electron chi connectivity index (χ2n) is 3.41. The first-order valence-electron chi connectivity index (χ1n) is 5.06. The maximum atomic E-state index is 9.75. The van der Waals surface area contributed by atoms with Gasteiger partial charge < -0.3 is 10.2 Å². The molecule has 15 heavy (non-hydrogen) atoms. The molecule has 0 bridgehead atoms. The Morgan fingerprint density at radius 1 is 1.40 bits per heavy atom. The summed E-state index contributed by atoms with van der Waals surface area (Å²) in [5, 5.41) is 23.9. The molecule has 0 unspecified atom stereocenters. The van der Waals surface area contributed by atoms with Crippen molar-refractivity contribution in [3.63, 3.8) is 0 Å². The van der Waals surface area contributed by atoms with Gasteiger partial charge in [-0.1, -0.05) is 6.07 Å². The molecule has 80 valence electrons. The Kier molecular flexibility index (Phi) is 2.60. The number of phenols is 1. The number of hydrogen-bond donors (Lipinski definition) is 2. The minimum Gasteiger partial charge on any atom is -0.507 e. The minimum atomic E-state index is 0.0646. The van der Waals surface area contributed by atoms with Crippen molar-refractivity contribution in [3.05, 3.63) is 23.9 Å². The van der Waals surface area contributed by atoms with Gasteiger partial charge in [-0.2, -0.15) is 5.10 Å². The number of nitrogens with zero attached hydrogens (tertiary/aromatic N) is 2. The van der Waals surface area contributed by atoms with E-state index in [0.29, 0.717) is 6.42 Å². The fourth-order valence-corrected chi connectivity index (χ4v) is 1.85. The van der Waals surface area contributed by atoms with E-state index in [2.05, 4.69) is 5.10 Å². The molecule has 1 aromatic heterocycles. The second kappa shape index (κ2) is 3.90. The van der Waals surface area contributed by atoms with Crippen LogP contribution in [0.4, 0.5) is 0 Å². The van der Waals surface area contributed by atoms with Crippen molar-refractivity contribution in [1.29, 1.82) is 0 Å². The third-order valence-electron chi connectivity index (χ3n) is 2.50. The fraction of sp³-hybridized carbons (Fsp3) is 0.364. The average Bonchev–Trinajstić information content (AvgIpc) is 2.58. The van der Waals surface area contributed by atoms with Crippen molar-refractivity contribution in [1.82, 2.24) is 9.78 Å². The van der Waals surface area contributed by atoms with Gasteiger partial charge in [0, 0.05) is 19.6 Å². The second-order valence-corrected chi connectivity index (χ2v) is 3.41. The van der Waals surface area contributed by atoms with E-state index in [9.17, 15) is 5.11 Å². The quantitative estimate of drug-likeness (QED) is 0.795. The highest BCUT2D eigenvalue weighted by Gasteiger charge is 2.12. The van der Waals surface area contributed by atoms with Gasteiger partial charge in [0.2, 0.25) is 0 Å². The molecular formula is C11H14N2O2. The maximum absolute atomic E-state index is 9.75. The monoisotopic (exact) mass is 206 g/mol. The number of fused-ring (bicyclic) bond motifs is 1. The lowest BCUT2D eigenvalue weighted by molar-refractivity contribution is 0.296. The van der Waals surface area contributed by atoms with E-state index < -0.39 is 0 Å². The number of hydrogen-bond acceptors (Lipinski definition) is 3. The molecule has 0 atom stereocenters. The van der Waals surface area contributed by atoms with E-state index in [4.69, 9.17) is 5.11 Å². The number of aliphatic hydroxyl groups excluding tert-OH is 1. The molecule has 4 nitrogen and oxygen atoms in total. The topological polar surface area (TPSA) is 58.3 Å². The van der Waals surface area contributed by atoms with Gasteiger partial charge in [-0.05, 0) is 19.1 Å².